The molecule has 0 aliphatic carbocycles. The monoisotopic (exact) mass is 377 g/mol. The van der Waals surface area contributed by atoms with E-state index in [-0.39, 0.29) is 43.3 Å². The van der Waals surface area contributed by atoms with Gasteiger partial charge >= 0.3 is 6.18 Å². The number of likely N-dealkylation sites (tertiary alicyclic amines) is 1. The van der Waals surface area contributed by atoms with Gasteiger partial charge in [0.1, 0.15) is 0 Å². The first-order chi connectivity index (χ1) is 12.8. The second-order valence-corrected chi connectivity index (χ2v) is 6.40. The van der Waals surface area contributed by atoms with E-state index in [4.69, 9.17) is 0 Å². The second kappa shape index (κ2) is 7.77. The first-order valence-corrected chi connectivity index (χ1v) is 8.45. The van der Waals surface area contributed by atoms with Crippen LogP contribution in [0.2, 0.25) is 0 Å². The number of halogens is 3. The predicted octanol–water partition coefficient (Wildman–Crippen LogP) is 2.56. The Balaban J connectivity index is 1.61. The molecule has 142 valence electrons. The van der Waals surface area contributed by atoms with Gasteiger partial charge in [0.2, 0.25) is 11.8 Å². The zero-order valence-electron chi connectivity index (χ0n) is 14.4. The number of hydrogen-bond donors (Lipinski definition) is 1. The van der Waals surface area contributed by atoms with Crippen LogP contribution in [0.4, 0.5) is 13.2 Å². The topological polar surface area (TPSA) is 62.3 Å². The van der Waals surface area contributed by atoms with Crippen LogP contribution in [0.25, 0.3) is 0 Å². The van der Waals surface area contributed by atoms with Gasteiger partial charge in [0, 0.05) is 31.4 Å². The number of pyridine rings is 1. The van der Waals surface area contributed by atoms with Crippen LogP contribution >= 0.6 is 0 Å². The van der Waals surface area contributed by atoms with E-state index in [0.717, 1.165) is 6.07 Å². The van der Waals surface area contributed by atoms with Gasteiger partial charge in [-0.3, -0.25) is 14.6 Å². The van der Waals surface area contributed by atoms with Crippen molar-refractivity contribution in [3.05, 3.63) is 65.5 Å². The van der Waals surface area contributed by atoms with E-state index >= 15 is 0 Å². The van der Waals surface area contributed by atoms with Crippen molar-refractivity contribution in [2.45, 2.75) is 31.6 Å². The van der Waals surface area contributed by atoms with E-state index in [1.807, 2.05) is 0 Å². The molecule has 1 aliphatic heterocycles. The maximum Gasteiger partial charge on any atom is 0.416 e. The SMILES string of the molecule is O=C(Cc1ccccn1)N[C@@H]1CC(=O)N(Cc2ccccc2C(F)(F)F)C1. The van der Waals surface area contributed by atoms with E-state index in [9.17, 15) is 22.8 Å². The molecule has 2 heterocycles. The fraction of sp³-hybridized carbons (Fsp3) is 0.316. The van der Waals surface area contributed by atoms with E-state index in [1.54, 1.807) is 24.4 Å². The Kier molecular flexibility index (Phi) is 5.43. The van der Waals surface area contributed by atoms with Crippen LogP contribution in [-0.4, -0.2) is 34.3 Å². The number of benzene rings is 1. The van der Waals surface area contributed by atoms with Crippen LogP contribution in [0.5, 0.6) is 0 Å². The van der Waals surface area contributed by atoms with Crippen molar-refractivity contribution < 1.29 is 22.8 Å². The maximum atomic E-state index is 13.1. The Labute approximate surface area is 154 Å². The number of alkyl halides is 3. The minimum absolute atomic E-state index is 0.0406. The fourth-order valence-corrected chi connectivity index (χ4v) is 3.11. The minimum atomic E-state index is -4.48. The number of nitrogens with zero attached hydrogens (tertiary/aromatic N) is 2. The van der Waals surface area contributed by atoms with E-state index < -0.39 is 17.8 Å². The number of rotatable bonds is 5. The van der Waals surface area contributed by atoms with E-state index in [2.05, 4.69) is 10.3 Å². The number of nitrogens with one attached hydrogen (secondary N) is 1. The Morgan fingerprint density at radius 3 is 2.63 bits per heavy atom. The molecule has 1 aromatic carbocycles. The molecule has 2 amide bonds. The van der Waals surface area contributed by atoms with Gasteiger partial charge in [-0.2, -0.15) is 13.2 Å². The molecular weight excluding hydrogens is 359 g/mol. The van der Waals surface area contributed by atoms with Gasteiger partial charge in [-0.05, 0) is 23.8 Å². The molecule has 0 bridgehead atoms. The van der Waals surface area contributed by atoms with Crippen molar-refractivity contribution in [2.24, 2.45) is 0 Å². The molecule has 3 rings (SSSR count). The third-order valence-electron chi connectivity index (χ3n) is 4.33. The van der Waals surface area contributed by atoms with Gasteiger partial charge in [0.15, 0.2) is 0 Å². The van der Waals surface area contributed by atoms with Gasteiger partial charge in [0.25, 0.3) is 0 Å². The zero-order chi connectivity index (χ0) is 19.4. The van der Waals surface area contributed by atoms with Crippen LogP contribution < -0.4 is 5.32 Å². The number of amides is 2. The summed E-state index contributed by atoms with van der Waals surface area (Å²) in [7, 11) is 0. The van der Waals surface area contributed by atoms with Gasteiger partial charge in [-0.1, -0.05) is 24.3 Å². The maximum absolute atomic E-state index is 13.1. The molecule has 2 aromatic rings. The quantitative estimate of drug-likeness (QED) is 0.871. The van der Waals surface area contributed by atoms with Crippen LogP contribution in [0.3, 0.4) is 0 Å². The summed E-state index contributed by atoms with van der Waals surface area (Å²) in [5.74, 6) is -0.556. The normalized spacial score (nSPS) is 17.2. The number of carbonyl (C=O) groups excluding carboxylic acids is 2. The molecule has 0 saturated carbocycles. The summed E-state index contributed by atoms with van der Waals surface area (Å²) in [6, 6.07) is 10.0. The Morgan fingerprint density at radius 1 is 1.19 bits per heavy atom. The highest BCUT2D eigenvalue weighted by Gasteiger charge is 2.35. The average Bonchev–Trinajstić information content (AvgIpc) is 2.94. The van der Waals surface area contributed by atoms with Crippen LogP contribution in [0.15, 0.2) is 48.7 Å². The fourth-order valence-electron chi connectivity index (χ4n) is 3.11. The molecule has 1 saturated heterocycles. The average molecular weight is 377 g/mol. The highest BCUT2D eigenvalue weighted by atomic mass is 19.4. The first-order valence-electron chi connectivity index (χ1n) is 8.45. The van der Waals surface area contributed by atoms with Crippen LogP contribution in [-0.2, 0) is 28.7 Å². The van der Waals surface area contributed by atoms with Crippen molar-refractivity contribution in [1.82, 2.24) is 15.2 Å². The lowest BCUT2D eigenvalue weighted by atomic mass is 10.1. The molecule has 1 N–H and O–H groups in total. The molecule has 27 heavy (non-hydrogen) atoms. The Bertz CT molecular complexity index is 824. The number of carbonyl (C=O) groups is 2. The highest BCUT2D eigenvalue weighted by Crippen LogP contribution is 2.32. The third-order valence-corrected chi connectivity index (χ3v) is 4.33. The molecule has 8 heteroatoms. The van der Waals surface area contributed by atoms with Gasteiger partial charge < -0.3 is 10.2 Å². The summed E-state index contributed by atoms with van der Waals surface area (Å²) >= 11 is 0. The van der Waals surface area contributed by atoms with Crippen molar-refractivity contribution in [1.29, 1.82) is 0 Å². The van der Waals surface area contributed by atoms with Crippen molar-refractivity contribution in [3.63, 3.8) is 0 Å². The second-order valence-electron chi connectivity index (χ2n) is 6.40. The summed E-state index contributed by atoms with van der Waals surface area (Å²) in [6.07, 6.45) is -2.73. The summed E-state index contributed by atoms with van der Waals surface area (Å²) in [6.45, 7) is 0.0418. The lowest BCUT2D eigenvalue weighted by Gasteiger charge is -2.20. The van der Waals surface area contributed by atoms with Crippen LogP contribution in [0, 0.1) is 0 Å². The van der Waals surface area contributed by atoms with Crippen molar-refractivity contribution in [2.75, 3.05) is 6.54 Å². The Hall–Kier alpha value is -2.90. The first kappa shape index (κ1) is 18.9. The van der Waals surface area contributed by atoms with Crippen molar-refractivity contribution >= 4 is 11.8 Å². The number of hydrogen-bond acceptors (Lipinski definition) is 3. The lowest BCUT2D eigenvalue weighted by Crippen LogP contribution is -2.38. The molecule has 1 fully saturated rings. The van der Waals surface area contributed by atoms with E-state index in [0.29, 0.717) is 5.69 Å². The zero-order valence-corrected chi connectivity index (χ0v) is 14.4. The van der Waals surface area contributed by atoms with Crippen molar-refractivity contribution in [3.8, 4) is 0 Å². The standard InChI is InChI=1S/C19H18F3N3O2/c20-19(21,22)16-7-2-1-5-13(16)11-25-12-15(10-18(25)27)24-17(26)9-14-6-3-4-8-23-14/h1-8,15H,9-12H2,(H,24,26)/t15-/m1/s1. The molecule has 0 radical (unpaired) electrons. The summed E-state index contributed by atoms with van der Waals surface area (Å²) < 4.78 is 39.3. The molecular formula is C19H18F3N3O2. The lowest BCUT2D eigenvalue weighted by molar-refractivity contribution is -0.139. The predicted molar refractivity (Wildman–Crippen MR) is 91.3 cm³/mol. The number of aromatic nitrogens is 1. The van der Waals surface area contributed by atoms with Crippen LogP contribution in [0.1, 0.15) is 23.2 Å². The molecule has 0 unspecified atom stereocenters. The van der Waals surface area contributed by atoms with Gasteiger partial charge in [-0.25, -0.2) is 0 Å². The minimum Gasteiger partial charge on any atom is -0.351 e. The smallest absolute Gasteiger partial charge is 0.351 e. The molecule has 1 aromatic heterocycles. The summed E-state index contributed by atoms with van der Waals surface area (Å²) in [4.78, 5) is 29.7. The van der Waals surface area contributed by atoms with E-state index in [1.165, 1.54) is 23.1 Å². The Morgan fingerprint density at radius 2 is 1.93 bits per heavy atom. The largest absolute Gasteiger partial charge is 0.416 e. The van der Waals surface area contributed by atoms with Gasteiger partial charge in [0.05, 0.1) is 18.0 Å². The third kappa shape index (κ3) is 4.84. The summed E-state index contributed by atoms with van der Waals surface area (Å²) in [5.41, 5.74) is -0.102. The van der Waals surface area contributed by atoms with Gasteiger partial charge in [-0.15, -0.1) is 0 Å². The highest BCUT2D eigenvalue weighted by molar-refractivity contribution is 5.83. The molecule has 1 aliphatic rings. The molecule has 5 nitrogen and oxygen atoms in total. The molecule has 1 atom stereocenters. The molecule has 0 spiro atoms. The summed E-state index contributed by atoms with van der Waals surface area (Å²) in [5, 5.41) is 2.75.